The van der Waals surface area contributed by atoms with E-state index < -0.39 is 72.8 Å². The summed E-state index contributed by atoms with van der Waals surface area (Å²) in [6.45, 7) is 3.01. The van der Waals surface area contributed by atoms with Crippen molar-refractivity contribution >= 4 is 35.4 Å². The monoisotopic (exact) mass is 399 g/mol. The minimum Gasteiger partial charge on any atom is -0.481 e. The van der Waals surface area contributed by atoms with E-state index in [1.807, 2.05) is 0 Å². The number of carboxylic acid groups (broad SMARTS) is 2. The van der Waals surface area contributed by atoms with Crippen LogP contribution in [0.1, 0.15) is 39.5 Å². The third-order valence-electron chi connectivity index (χ3n) is 4.33. The first kappa shape index (κ1) is 23.2. The summed E-state index contributed by atoms with van der Waals surface area (Å²) in [6.07, 6.45) is -1.24. The van der Waals surface area contributed by atoms with E-state index in [4.69, 9.17) is 10.8 Å². The minimum atomic E-state index is -1.47. The van der Waals surface area contributed by atoms with Crippen molar-refractivity contribution in [2.24, 2.45) is 17.6 Å². The molecule has 0 spiro atoms. The van der Waals surface area contributed by atoms with Crippen LogP contribution >= 0.6 is 0 Å². The number of carboxylic acids is 2. The van der Waals surface area contributed by atoms with Gasteiger partial charge in [-0.3, -0.25) is 28.9 Å². The Kier molecular flexibility index (Phi) is 8.23. The SMILES string of the molecule is CC(C)C[C@@H](C(=O)O)N1C(=O)C[C@H](C(=O)[C@H](CCC(=O)O)NC(=O)CN)C1=O. The number of likely N-dealkylation sites (tertiary alicyclic amines) is 1. The highest BCUT2D eigenvalue weighted by molar-refractivity contribution is 6.17. The molecule has 1 saturated heterocycles. The number of carbonyl (C=O) groups excluding carboxylic acids is 4. The smallest absolute Gasteiger partial charge is 0.326 e. The maximum Gasteiger partial charge on any atom is 0.326 e. The lowest BCUT2D eigenvalue weighted by Crippen LogP contribution is -2.49. The van der Waals surface area contributed by atoms with Gasteiger partial charge in [-0.2, -0.15) is 0 Å². The standard InChI is InChI=1S/C17H25N3O8/c1-8(2)5-11(17(27)28)20-13(22)6-9(16(20)26)15(25)10(3-4-14(23)24)19-12(21)7-18/h8-11H,3-7,18H2,1-2H3,(H,19,21)(H,23,24)(H,27,28)/t9-,10+,11+/m1/s1. The van der Waals surface area contributed by atoms with Crippen molar-refractivity contribution in [2.45, 2.75) is 51.6 Å². The number of ketones is 1. The van der Waals surface area contributed by atoms with E-state index in [-0.39, 0.29) is 18.8 Å². The first-order chi connectivity index (χ1) is 13.0. The van der Waals surface area contributed by atoms with Crippen LogP contribution in [0.4, 0.5) is 0 Å². The molecule has 0 saturated carbocycles. The number of nitrogens with two attached hydrogens (primary N) is 1. The molecule has 1 rings (SSSR count). The second-order valence-electron chi connectivity index (χ2n) is 7.00. The first-order valence-corrected chi connectivity index (χ1v) is 8.83. The first-order valence-electron chi connectivity index (χ1n) is 8.83. The van der Waals surface area contributed by atoms with Crippen molar-refractivity contribution in [1.82, 2.24) is 10.2 Å². The quantitative estimate of drug-likeness (QED) is 0.243. The predicted octanol–water partition coefficient (Wildman–Crippen LogP) is -1.26. The Morgan fingerprint density at radius 2 is 1.82 bits per heavy atom. The summed E-state index contributed by atoms with van der Waals surface area (Å²) in [4.78, 5) is 72.1. The van der Waals surface area contributed by atoms with E-state index in [0.29, 0.717) is 4.90 Å². The predicted molar refractivity (Wildman–Crippen MR) is 93.7 cm³/mol. The number of carbonyl (C=O) groups is 6. The van der Waals surface area contributed by atoms with Crippen LogP contribution in [0.2, 0.25) is 0 Å². The molecule has 11 nitrogen and oxygen atoms in total. The van der Waals surface area contributed by atoms with E-state index in [2.05, 4.69) is 5.32 Å². The van der Waals surface area contributed by atoms with Gasteiger partial charge in [0.05, 0.1) is 12.6 Å². The van der Waals surface area contributed by atoms with Gasteiger partial charge in [0.15, 0.2) is 5.78 Å². The van der Waals surface area contributed by atoms with Crippen LogP contribution in [0.25, 0.3) is 0 Å². The molecular weight excluding hydrogens is 374 g/mol. The maximum atomic E-state index is 12.7. The van der Waals surface area contributed by atoms with E-state index >= 15 is 0 Å². The van der Waals surface area contributed by atoms with Crippen LogP contribution in [0.15, 0.2) is 0 Å². The van der Waals surface area contributed by atoms with Gasteiger partial charge in [-0.1, -0.05) is 13.8 Å². The Morgan fingerprint density at radius 1 is 1.21 bits per heavy atom. The van der Waals surface area contributed by atoms with Crippen molar-refractivity contribution in [3.63, 3.8) is 0 Å². The van der Waals surface area contributed by atoms with Gasteiger partial charge in [0.25, 0.3) is 0 Å². The third-order valence-corrected chi connectivity index (χ3v) is 4.33. The molecule has 0 aromatic carbocycles. The van der Waals surface area contributed by atoms with Gasteiger partial charge in [0.2, 0.25) is 17.7 Å². The van der Waals surface area contributed by atoms with Crippen molar-refractivity contribution < 1.29 is 39.0 Å². The van der Waals surface area contributed by atoms with E-state index in [0.717, 1.165) is 0 Å². The molecule has 3 atom stereocenters. The highest BCUT2D eigenvalue weighted by Crippen LogP contribution is 2.27. The number of rotatable bonds is 11. The third kappa shape index (κ3) is 5.84. The van der Waals surface area contributed by atoms with Crippen molar-refractivity contribution in [1.29, 1.82) is 0 Å². The second kappa shape index (κ2) is 9.93. The zero-order valence-corrected chi connectivity index (χ0v) is 15.7. The molecule has 156 valence electrons. The number of aliphatic carboxylic acids is 2. The Morgan fingerprint density at radius 3 is 2.29 bits per heavy atom. The molecule has 0 aliphatic carbocycles. The summed E-state index contributed by atoms with van der Waals surface area (Å²) >= 11 is 0. The number of hydrogen-bond acceptors (Lipinski definition) is 7. The molecule has 1 aliphatic heterocycles. The summed E-state index contributed by atoms with van der Waals surface area (Å²) in [5.74, 6) is -7.47. The molecule has 11 heteroatoms. The van der Waals surface area contributed by atoms with Gasteiger partial charge in [-0.15, -0.1) is 0 Å². The molecule has 1 aliphatic rings. The van der Waals surface area contributed by atoms with Gasteiger partial charge < -0.3 is 21.3 Å². The fourth-order valence-electron chi connectivity index (χ4n) is 3.01. The zero-order chi connectivity index (χ0) is 21.6. The lowest BCUT2D eigenvalue weighted by Gasteiger charge is -2.25. The largest absolute Gasteiger partial charge is 0.481 e. The molecule has 1 heterocycles. The van der Waals surface area contributed by atoms with Crippen molar-refractivity contribution in [2.75, 3.05) is 6.54 Å². The number of amides is 3. The molecule has 0 unspecified atom stereocenters. The number of imide groups is 1. The van der Waals surface area contributed by atoms with Crippen molar-refractivity contribution in [3.8, 4) is 0 Å². The molecule has 0 bridgehead atoms. The lowest BCUT2D eigenvalue weighted by atomic mass is 9.93. The zero-order valence-electron chi connectivity index (χ0n) is 15.7. The van der Waals surface area contributed by atoms with Crippen LogP contribution in [-0.4, -0.2) is 69.2 Å². The fraction of sp³-hybridized carbons (Fsp3) is 0.647. The molecule has 3 amide bonds. The topological polar surface area (TPSA) is 184 Å². The summed E-state index contributed by atoms with van der Waals surface area (Å²) in [5, 5.41) is 20.5. The molecule has 0 aromatic heterocycles. The van der Waals surface area contributed by atoms with Gasteiger partial charge in [-0.25, -0.2) is 4.79 Å². The van der Waals surface area contributed by atoms with Gasteiger partial charge in [0.1, 0.15) is 12.0 Å². The van der Waals surface area contributed by atoms with E-state index in [1.165, 1.54) is 0 Å². The van der Waals surface area contributed by atoms with Crippen LogP contribution in [0, 0.1) is 11.8 Å². The fourth-order valence-corrected chi connectivity index (χ4v) is 3.01. The molecule has 0 radical (unpaired) electrons. The number of hydrogen-bond donors (Lipinski definition) is 4. The van der Waals surface area contributed by atoms with Crippen LogP contribution < -0.4 is 11.1 Å². The second-order valence-corrected chi connectivity index (χ2v) is 7.00. The molecule has 0 aromatic rings. The molecular formula is C17H25N3O8. The number of nitrogens with zero attached hydrogens (tertiary/aromatic N) is 1. The lowest BCUT2D eigenvalue weighted by molar-refractivity contribution is -0.155. The van der Waals surface area contributed by atoms with Crippen LogP contribution in [0.3, 0.4) is 0 Å². The summed E-state index contributed by atoms with van der Waals surface area (Å²) in [6, 6.07) is -2.71. The minimum absolute atomic E-state index is 0.0279. The van der Waals surface area contributed by atoms with Crippen LogP contribution in [0.5, 0.6) is 0 Å². The highest BCUT2D eigenvalue weighted by Gasteiger charge is 2.49. The number of nitrogens with one attached hydrogen (secondary N) is 1. The Labute approximate surface area is 161 Å². The molecule has 5 N–H and O–H groups in total. The average Bonchev–Trinajstić information content (AvgIpc) is 2.89. The summed E-state index contributed by atoms with van der Waals surface area (Å²) < 4.78 is 0. The number of Topliss-reactive ketones (excluding diaryl/α,β-unsaturated/α-hetero) is 1. The van der Waals surface area contributed by atoms with E-state index in [1.54, 1.807) is 13.8 Å². The summed E-state index contributed by atoms with van der Waals surface area (Å²) in [7, 11) is 0. The molecule has 28 heavy (non-hydrogen) atoms. The Hall–Kier alpha value is -2.82. The van der Waals surface area contributed by atoms with Gasteiger partial charge in [0, 0.05) is 12.8 Å². The molecule has 1 fully saturated rings. The highest BCUT2D eigenvalue weighted by atomic mass is 16.4. The summed E-state index contributed by atoms with van der Waals surface area (Å²) in [5.41, 5.74) is 5.19. The maximum absolute atomic E-state index is 12.7. The Bertz CT molecular complexity index is 675. The van der Waals surface area contributed by atoms with Crippen LogP contribution in [-0.2, 0) is 28.8 Å². The Balaban J connectivity index is 3.06. The average molecular weight is 399 g/mol. The van der Waals surface area contributed by atoms with Gasteiger partial charge in [-0.05, 0) is 18.8 Å². The van der Waals surface area contributed by atoms with Crippen molar-refractivity contribution in [3.05, 3.63) is 0 Å². The van der Waals surface area contributed by atoms with Gasteiger partial charge >= 0.3 is 11.9 Å². The van der Waals surface area contributed by atoms with E-state index in [9.17, 15) is 33.9 Å². The normalized spacial score (nSPS) is 18.9.